The van der Waals surface area contributed by atoms with Gasteiger partial charge in [0.1, 0.15) is 0 Å². The van der Waals surface area contributed by atoms with Crippen LogP contribution in [-0.2, 0) is 15.3 Å². The van der Waals surface area contributed by atoms with Crippen LogP contribution in [0, 0.1) is 0 Å². The van der Waals surface area contributed by atoms with E-state index in [4.69, 9.17) is 4.55 Å². The number of halogens is 3. The van der Waals surface area contributed by atoms with Gasteiger partial charge in [-0.15, -0.1) is 0 Å². The van der Waals surface area contributed by atoms with E-state index in [9.17, 15) is 21.6 Å². The van der Waals surface area contributed by atoms with Crippen molar-refractivity contribution < 1.29 is 26.1 Å². The quantitative estimate of drug-likeness (QED) is 0.512. The minimum absolute atomic E-state index is 0. The van der Waals surface area contributed by atoms with Crippen LogP contribution in [0.25, 0.3) is 0 Å². The number of hydrogen-bond acceptors (Lipinski definition) is 3. The van der Waals surface area contributed by atoms with E-state index in [-0.39, 0.29) is 45.2 Å². The Hall–Kier alpha value is 0.270. The summed E-state index contributed by atoms with van der Waals surface area (Å²) in [5, 5.41) is 0. The first-order chi connectivity index (χ1) is 6.68. The number of hydrogen-bond donors (Lipinski definition) is 1. The first-order valence-corrected chi connectivity index (χ1v) is 6.30. The molecule has 0 unspecified atom stereocenters. The molecule has 0 aliphatic carbocycles. The van der Waals surface area contributed by atoms with E-state index in [1.165, 1.54) is 0 Å². The third-order valence-corrected chi connectivity index (χ3v) is 3.23. The molecule has 1 aromatic rings. The van der Waals surface area contributed by atoms with E-state index < -0.39 is 20.9 Å². The Kier molecular flexibility index (Phi) is 5.84. The Morgan fingerprint density at radius 1 is 1.25 bits per heavy atom. The summed E-state index contributed by atoms with van der Waals surface area (Å²) >= 11 is 0. The molecule has 0 heterocycles. The van der Waals surface area contributed by atoms with Crippen LogP contribution in [0.2, 0.25) is 0 Å². The standard InChI is InChI=1S/C7H5F3O3S2.Na.H/c8-7(9,10)5-2-1-3-6(4-5)14-15(11,12)13;;/h1-4H,(H,11,12,13);;. The van der Waals surface area contributed by atoms with Gasteiger partial charge in [-0.3, -0.25) is 4.55 Å². The van der Waals surface area contributed by atoms with Gasteiger partial charge in [0.05, 0.1) is 5.56 Å². The number of rotatable bonds is 2. The van der Waals surface area contributed by atoms with Crippen LogP contribution >= 0.6 is 10.8 Å². The summed E-state index contributed by atoms with van der Waals surface area (Å²) < 4.78 is 65.8. The van der Waals surface area contributed by atoms with Crippen LogP contribution in [0.3, 0.4) is 0 Å². The molecule has 0 atom stereocenters. The second-order valence-electron chi connectivity index (χ2n) is 2.54. The van der Waals surface area contributed by atoms with Gasteiger partial charge in [0.15, 0.2) is 0 Å². The summed E-state index contributed by atoms with van der Waals surface area (Å²) in [6, 6.07) is 3.69. The Morgan fingerprint density at radius 3 is 2.25 bits per heavy atom. The topological polar surface area (TPSA) is 54.4 Å². The molecule has 0 saturated heterocycles. The second kappa shape index (κ2) is 5.74. The molecule has 86 valence electrons. The van der Waals surface area contributed by atoms with Gasteiger partial charge in [-0.2, -0.15) is 21.6 Å². The molecular weight excluding hydrogens is 276 g/mol. The summed E-state index contributed by atoms with van der Waals surface area (Å²) in [6.07, 6.45) is -4.53. The maximum atomic E-state index is 12.2. The van der Waals surface area contributed by atoms with E-state index in [2.05, 4.69) is 0 Å². The van der Waals surface area contributed by atoms with Gasteiger partial charge in [0, 0.05) is 15.7 Å². The Morgan fingerprint density at radius 2 is 1.81 bits per heavy atom. The molecule has 1 aromatic carbocycles. The zero-order chi connectivity index (χ0) is 11.7. The molecule has 0 amide bonds. The first kappa shape index (κ1) is 16.3. The fraction of sp³-hybridized carbons (Fsp3) is 0.143. The summed E-state index contributed by atoms with van der Waals surface area (Å²) in [5.74, 6) is 0. The first-order valence-electron chi connectivity index (χ1n) is 3.53. The molecule has 16 heavy (non-hydrogen) atoms. The average molecular weight is 282 g/mol. The van der Waals surface area contributed by atoms with Crippen LogP contribution < -0.4 is 0 Å². The van der Waals surface area contributed by atoms with Crippen LogP contribution in [-0.4, -0.2) is 42.5 Å². The minimum atomic E-state index is -4.53. The molecule has 0 aliphatic heterocycles. The van der Waals surface area contributed by atoms with E-state index in [1.807, 2.05) is 0 Å². The molecule has 3 nitrogen and oxygen atoms in total. The summed E-state index contributed by atoms with van der Waals surface area (Å²) in [4.78, 5) is -0.188. The van der Waals surface area contributed by atoms with Gasteiger partial charge in [0.2, 0.25) is 0 Å². The van der Waals surface area contributed by atoms with Gasteiger partial charge in [-0.1, -0.05) is 6.07 Å². The molecule has 0 aromatic heterocycles. The van der Waals surface area contributed by atoms with Crippen LogP contribution in [0.4, 0.5) is 13.2 Å². The van der Waals surface area contributed by atoms with Crippen molar-refractivity contribution in [2.45, 2.75) is 11.1 Å². The van der Waals surface area contributed by atoms with Gasteiger partial charge in [0.25, 0.3) is 0 Å². The predicted octanol–water partition coefficient (Wildman–Crippen LogP) is 1.95. The molecule has 0 saturated carbocycles. The normalized spacial score (nSPS) is 12.0. The zero-order valence-electron chi connectivity index (χ0n) is 7.02. The Balaban J connectivity index is 0.00000225. The molecule has 0 spiro atoms. The third kappa shape index (κ3) is 5.55. The van der Waals surface area contributed by atoms with Crippen LogP contribution in [0.1, 0.15) is 5.56 Å². The molecule has 0 aliphatic rings. The van der Waals surface area contributed by atoms with Crippen molar-refractivity contribution in [2.75, 3.05) is 0 Å². The molecular formula is C7H6F3NaO3S2. The van der Waals surface area contributed by atoms with Gasteiger partial charge in [-0.25, -0.2) is 0 Å². The van der Waals surface area contributed by atoms with Crippen molar-refractivity contribution in [2.24, 2.45) is 0 Å². The molecule has 0 bridgehead atoms. The fourth-order valence-electron chi connectivity index (χ4n) is 0.846. The van der Waals surface area contributed by atoms with Crippen molar-refractivity contribution in [1.29, 1.82) is 0 Å². The molecule has 1 N–H and O–H groups in total. The molecule has 1 rings (SSSR count). The zero-order valence-corrected chi connectivity index (χ0v) is 8.66. The van der Waals surface area contributed by atoms with Crippen LogP contribution in [0.5, 0.6) is 0 Å². The number of alkyl halides is 3. The summed E-state index contributed by atoms with van der Waals surface area (Å²) in [5.41, 5.74) is -0.962. The fourth-order valence-corrected chi connectivity index (χ4v) is 2.44. The van der Waals surface area contributed by atoms with E-state index in [0.717, 1.165) is 18.2 Å². The van der Waals surface area contributed by atoms with Gasteiger partial charge >= 0.3 is 44.9 Å². The monoisotopic (exact) mass is 282 g/mol. The molecule has 0 radical (unpaired) electrons. The van der Waals surface area contributed by atoms with E-state index in [0.29, 0.717) is 6.07 Å². The van der Waals surface area contributed by atoms with Crippen LogP contribution in [0.15, 0.2) is 29.2 Å². The van der Waals surface area contributed by atoms with Gasteiger partial charge < -0.3 is 0 Å². The van der Waals surface area contributed by atoms with Gasteiger partial charge in [-0.05, 0) is 18.2 Å². The maximum absolute atomic E-state index is 12.2. The molecule has 0 fully saturated rings. The van der Waals surface area contributed by atoms with Crippen molar-refractivity contribution in [3.63, 3.8) is 0 Å². The Bertz CT molecular complexity index is 458. The number of benzene rings is 1. The van der Waals surface area contributed by atoms with Crippen molar-refractivity contribution >= 4 is 49.5 Å². The van der Waals surface area contributed by atoms with Crippen molar-refractivity contribution in [3.8, 4) is 0 Å². The van der Waals surface area contributed by atoms with Crippen molar-refractivity contribution in [3.05, 3.63) is 29.8 Å². The van der Waals surface area contributed by atoms with Crippen molar-refractivity contribution in [1.82, 2.24) is 0 Å². The van der Waals surface area contributed by atoms with E-state index >= 15 is 0 Å². The summed E-state index contributed by atoms with van der Waals surface area (Å²) in [7, 11) is -4.43. The third-order valence-electron chi connectivity index (χ3n) is 1.36. The second-order valence-corrected chi connectivity index (χ2v) is 5.79. The molecule has 9 heteroatoms. The predicted molar refractivity (Wildman–Crippen MR) is 56.0 cm³/mol. The Labute approximate surface area is 116 Å². The average Bonchev–Trinajstić information content (AvgIpc) is 1.99. The van der Waals surface area contributed by atoms with E-state index in [1.54, 1.807) is 0 Å². The SMILES string of the molecule is O=S(=O)(O)Sc1cccc(C(F)(F)F)c1.[NaH]. The summed E-state index contributed by atoms with van der Waals surface area (Å²) in [6.45, 7) is 0.